The lowest BCUT2D eigenvalue weighted by atomic mass is 9.95. The predicted molar refractivity (Wildman–Crippen MR) is 65.4 cm³/mol. The fourth-order valence-electron chi connectivity index (χ4n) is 2.59. The van der Waals surface area contributed by atoms with Gasteiger partial charge in [-0.2, -0.15) is 0 Å². The van der Waals surface area contributed by atoms with Gasteiger partial charge in [-0.05, 0) is 52.3 Å². The number of aromatic nitrogens is 2. The molecule has 1 atom stereocenters. The minimum atomic E-state index is 0.736. The molecule has 0 spiro atoms. The molecule has 1 aromatic heterocycles. The highest BCUT2D eigenvalue weighted by Crippen LogP contribution is 2.18. The summed E-state index contributed by atoms with van der Waals surface area (Å²) < 4.78 is 0. The van der Waals surface area contributed by atoms with Crippen molar-refractivity contribution < 1.29 is 0 Å². The molecule has 2 rings (SSSR count). The Morgan fingerprint density at radius 2 is 2.00 bits per heavy atom. The first-order valence-corrected chi connectivity index (χ1v) is 6.13. The minimum Gasteiger partial charge on any atom is -0.306 e. The summed E-state index contributed by atoms with van der Waals surface area (Å²) >= 11 is 0. The first-order chi connectivity index (χ1) is 7.63. The molecule has 0 aliphatic carbocycles. The number of nitrogens with zero attached hydrogens (tertiary/aromatic N) is 3. The van der Waals surface area contributed by atoms with E-state index < -0.39 is 0 Å². The van der Waals surface area contributed by atoms with Crippen molar-refractivity contribution in [3.8, 4) is 0 Å². The van der Waals surface area contributed by atoms with Crippen LogP contribution < -0.4 is 0 Å². The van der Waals surface area contributed by atoms with Crippen molar-refractivity contribution in [3.05, 3.63) is 23.3 Å². The summed E-state index contributed by atoms with van der Waals surface area (Å²) in [5.74, 6) is 1.76. The van der Waals surface area contributed by atoms with Crippen molar-refractivity contribution in [3.63, 3.8) is 0 Å². The molecule has 0 N–H and O–H groups in total. The van der Waals surface area contributed by atoms with Crippen molar-refractivity contribution in [1.29, 1.82) is 0 Å². The normalized spacial score (nSPS) is 22.3. The number of piperidine rings is 1. The topological polar surface area (TPSA) is 29.0 Å². The van der Waals surface area contributed by atoms with Crippen LogP contribution in [0.5, 0.6) is 0 Å². The molecule has 1 fully saturated rings. The van der Waals surface area contributed by atoms with Crippen LogP contribution in [0.4, 0.5) is 0 Å². The molecule has 16 heavy (non-hydrogen) atoms. The van der Waals surface area contributed by atoms with E-state index in [0.717, 1.165) is 29.6 Å². The Morgan fingerprint density at radius 3 is 2.62 bits per heavy atom. The first-order valence-electron chi connectivity index (χ1n) is 6.13. The lowest BCUT2D eigenvalue weighted by Gasteiger charge is -2.29. The number of hydrogen-bond acceptors (Lipinski definition) is 3. The van der Waals surface area contributed by atoms with Gasteiger partial charge < -0.3 is 4.90 Å². The van der Waals surface area contributed by atoms with Gasteiger partial charge in [-0.1, -0.05) is 0 Å². The minimum absolute atomic E-state index is 0.736. The van der Waals surface area contributed by atoms with Gasteiger partial charge in [0.2, 0.25) is 0 Å². The Morgan fingerprint density at radius 1 is 1.31 bits per heavy atom. The molecule has 1 aromatic rings. The van der Waals surface area contributed by atoms with Gasteiger partial charge >= 0.3 is 0 Å². The third-order valence-corrected chi connectivity index (χ3v) is 3.22. The summed E-state index contributed by atoms with van der Waals surface area (Å²) in [5, 5.41) is 0. The number of aryl methyl sites for hydroxylation is 2. The van der Waals surface area contributed by atoms with Gasteiger partial charge in [-0.3, -0.25) is 0 Å². The van der Waals surface area contributed by atoms with Crippen LogP contribution >= 0.6 is 0 Å². The predicted octanol–water partition coefficient (Wildman–Crippen LogP) is 1.98. The van der Waals surface area contributed by atoms with E-state index in [4.69, 9.17) is 0 Å². The molecule has 1 unspecified atom stereocenters. The molecule has 0 saturated carbocycles. The van der Waals surface area contributed by atoms with Crippen LogP contribution in [0.2, 0.25) is 0 Å². The van der Waals surface area contributed by atoms with E-state index in [1.165, 1.54) is 25.9 Å². The average Bonchev–Trinajstić information content (AvgIpc) is 2.15. The molecule has 3 nitrogen and oxygen atoms in total. The zero-order valence-corrected chi connectivity index (χ0v) is 10.5. The third-order valence-electron chi connectivity index (χ3n) is 3.22. The summed E-state index contributed by atoms with van der Waals surface area (Å²) in [5.41, 5.74) is 2.18. The van der Waals surface area contributed by atoms with Crippen LogP contribution in [0.1, 0.15) is 30.1 Å². The van der Waals surface area contributed by atoms with Gasteiger partial charge in [-0.25, -0.2) is 9.97 Å². The summed E-state index contributed by atoms with van der Waals surface area (Å²) in [6, 6.07) is 2.04. The van der Waals surface area contributed by atoms with Gasteiger partial charge in [0.25, 0.3) is 0 Å². The van der Waals surface area contributed by atoms with E-state index >= 15 is 0 Å². The smallest absolute Gasteiger partial charge is 0.129 e. The van der Waals surface area contributed by atoms with Crippen LogP contribution in [0.3, 0.4) is 0 Å². The summed E-state index contributed by atoms with van der Waals surface area (Å²) in [6.45, 7) is 6.52. The Kier molecular flexibility index (Phi) is 3.54. The second kappa shape index (κ2) is 4.91. The standard InChI is InChI=1S/C13H21N3/c1-10-7-11(2)15-13(14-10)8-12-5-4-6-16(3)9-12/h7,12H,4-6,8-9H2,1-3H3. The molecule has 88 valence electrons. The average molecular weight is 219 g/mol. The molecule has 0 amide bonds. The van der Waals surface area contributed by atoms with E-state index in [1.54, 1.807) is 0 Å². The third kappa shape index (κ3) is 3.01. The van der Waals surface area contributed by atoms with E-state index in [2.05, 4.69) is 21.9 Å². The molecule has 1 aliphatic heterocycles. The Bertz CT molecular complexity index is 342. The highest BCUT2D eigenvalue weighted by molar-refractivity contribution is 5.08. The van der Waals surface area contributed by atoms with E-state index in [1.807, 2.05) is 19.9 Å². The van der Waals surface area contributed by atoms with Gasteiger partial charge in [0.1, 0.15) is 5.82 Å². The molecule has 2 heterocycles. The van der Waals surface area contributed by atoms with Gasteiger partial charge in [-0.15, -0.1) is 0 Å². The molecule has 0 radical (unpaired) electrons. The molecule has 0 aromatic carbocycles. The number of rotatable bonds is 2. The summed E-state index contributed by atoms with van der Waals surface area (Å²) in [4.78, 5) is 11.5. The lowest BCUT2D eigenvalue weighted by Crippen LogP contribution is -2.33. The summed E-state index contributed by atoms with van der Waals surface area (Å²) in [6.07, 6.45) is 3.67. The Labute approximate surface area is 97.9 Å². The number of likely N-dealkylation sites (tertiary alicyclic amines) is 1. The van der Waals surface area contributed by atoms with Crippen LogP contribution in [0.15, 0.2) is 6.07 Å². The van der Waals surface area contributed by atoms with Crippen molar-refractivity contribution in [2.45, 2.75) is 33.1 Å². The fourth-order valence-corrected chi connectivity index (χ4v) is 2.59. The highest BCUT2D eigenvalue weighted by Gasteiger charge is 2.18. The molecule has 3 heteroatoms. The number of hydrogen-bond donors (Lipinski definition) is 0. The monoisotopic (exact) mass is 219 g/mol. The van der Waals surface area contributed by atoms with Crippen LogP contribution in [0.25, 0.3) is 0 Å². The largest absolute Gasteiger partial charge is 0.306 e. The molecule has 1 saturated heterocycles. The Balaban J connectivity index is 2.02. The zero-order valence-electron chi connectivity index (χ0n) is 10.5. The maximum atomic E-state index is 4.52. The molecule has 0 bridgehead atoms. The van der Waals surface area contributed by atoms with Gasteiger partial charge in [0, 0.05) is 24.4 Å². The van der Waals surface area contributed by atoms with Crippen LogP contribution in [-0.2, 0) is 6.42 Å². The van der Waals surface area contributed by atoms with Gasteiger partial charge in [0.15, 0.2) is 0 Å². The highest BCUT2D eigenvalue weighted by atomic mass is 15.1. The van der Waals surface area contributed by atoms with E-state index in [-0.39, 0.29) is 0 Å². The van der Waals surface area contributed by atoms with Crippen LogP contribution in [-0.4, -0.2) is 35.0 Å². The molecule has 1 aliphatic rings. The molecular formula is C13H21N3. The summed E-state index contributed by atoms with van der Waals surface area (Å²) in [7, 11) is 2.20. The van der Waals surface area contributed by atoms with Crippen LogP contribution in [0, 0.1) is 19.8 Å². The van der Waals surface area contributed by atoms with Crippen molar-refractivity contribution in [1.82, 2.24) is 14.9 Å². The Hall–Kier alpha value is -0.960. The quantitative estimate of drug-likeness (QED) is 0.761. The van der Waals surface area contributed by atoms with Crippen molar-refractivity contribution in [2.24, 2.45) is 5.92 Å². The van der Waals surface area contributed by atoms with Crippen molar-refractivity contribution >= 4 is 0 Å². The second-order valence-corrected chi connectivity index (χ2v) is 5.04. The first kappa shape index (κ1) is 11.5. The zero-order chi connectivity index (χ0) is 11.5. The van der Waals surface area contributed by atoms with E-state index in [9.17, 15) is 0 Å². The molecular weight excluding hydrogens is 198 g/mol. The maximum absolute atomic E-state index is 4.52. The second-order valence-electron chi connectivity index (χ2n) is 5.04. The maximum Gasteiger partial charge on any atom is 0.129 e. The fraction of sp³-hybridized carbons (Fsp3) is 0.692. The van der Waals surface area contributed by atoms with Gasteiger partial charge in [0.05, 0.1) is 0 Å². The van der Waals surface area contributed by atoms with Crippen molar-refractivity contribution in [2.75, 3.05) is 20.1 Å². The lowest BCUT2D eigenvalue weighted by molar-refractivity contribution is 0.207. The van der Waals surface area contributed by atoms with E-state index in [0.29, 0.717) is 0 Å². The SMILES string of the molecule is Cc1cc(C)nc(CC2CCCN(C)C2)n1.